The van der Waals surface area contributed by atoms with Gasteiger partial charge >= 0.3 is 0 Å². The number of rotatable bonds is 4. The molecule has 0 aliphatic heterocycles. The first-order chi connectivity index (χ1) is 17.7. The van der Waals surface area contributed by atoms with Crippen LogP contribution in [0.5, 0.6) is 0 Å². The van der Waals surface area contributed by atoms with Crippen LogP contribution in [-0.4, -0.2) is 0 Å². The van der Waals surface area contributed by atoms with Gasteiger partial charge in [-0.2, -0.15) is 0 Å². The van der Waals surface area contributed by atoms with Crippen LogP contribution in [0.2, 0.25) is 0 Å². The van der Waals surface area contributed by atoms with Gasteiger partial charge in [-0.05, 0) is 80.6 Å². The molecule has 2 heteroatoms. The lowest BCUT2D eigenvalue weighted by atomic mass is 9.84. The Labute approximate surface area is 229 Å². The highest BCUT2D eigenvalue weighted by molar-refractivity contribution is 9.11. The van der Waals surface area contributed by atoms with E-state index in [2.05, 4.69) is 141 Å². The number of halogens is 2. The van der Waals surface area contributed by atoms with Gasteiger partial charge in [-0.15, -0.1) is 0 Å². The second-order valence-electron chi connectivity index (χ2n) is 9.85. The zero-order valence-corrected chi connectivity index (χ0v) is 22.9. The van der Waals surface area contributed by atoms with Gasteiger partial charge in [-0.3, -0.25) is 0 Å². The van der Waals surface area contributed by atoms with E-state index in [4.69, 9.17) is 0 Å². The minimum Gasteiger partial charge on any atom is -0.0619 e. The van der Waals surface area contributed by atoms with Gasteiger partial charge in [0.1, 0.15) is 0 Å². The van der Waals surface area contributed by atoms with E-state index in [1.54, 1.807) is 0 Å². The summed E-state index contributed by atoms with van der Waals surface area (Å²) in [5, 5.41) is 0. The Hall–Kier alpha value is -2.94. The summed E-state index contributed by atoms with van der Waals surface area (Å²) in [6.45, 7) is 0. The molecule has 36 heavy (non-hydrogen) atoms. The second-order valence-corrected chi connectivity index (χ2v) is 11.6. The second kappa shape index (κ2) is 8.87. The standard InChI is InChI=1S/C34H24Br2/c35-33-17-18-34(36)32(20-30-27-15-7-3-11-23(27)24-12-4-8-16-28(24)30)31(33)19-29-25-13-5-1-9-21(25)22-10-2-6-14-26(22)29/h1-18,29-30H,19-20H2. The summed E-state index contributed by atoms with van der Waals surface area (Å²) in [4.78, 5) is 0. The summed E-state index contributed by atoms with van der Waals surface area (Å²) in [5.41, 5.74) is 14.1. The van der Waals surface area contributed by atoms with E-state index in [0.29, 0.717) is 11.8 Å². The Morgan fingerprint density at radius 3 is 0.972 bits per heavy atom. The number of benzene rings is 5. The van der Waals surface area contributed by atoms with Gasteiger partial charge in [0, 0.05) is 20.8 Å². The van der Waals surface area contributed by atoms with Crippen molar-refractivity contribution in [3.05, 3.63) is 152 Å². The normalized spacial score (nSPS) is 13.8. The molecule has 0 saturated carbocycles. The van der Waals surface area contributed by atoms with E-state index in [1.807, 2.05) is 0 Å². The van der Waals surface area contributed by atoms with Crippen molar-refractivity contribution < 1.29 is 0 Å². The predicted octanol–water partition coefficient (Wildman–Crippen LogP) is 9.92. The van der Waals surface area contributed by atoms with Crippen LogP contribution in [0.1, 0.15) is 45.2 Å². The molecule has 2 aliphatic carbocycles. The Balaban J connectivity index is 1.34. The van der Waals surface area contributed by atoms with E-state index >= 15 is 0 Å². The van der Waals surface area contributed by atoms with Crippen LogP contribution in [-0.2, 0) is 12.8 Å². The first-order valence-electron chi connectivity index (χ1n) is 12.5. The van der Waals surface area contributed by atoms with Gasteiger partial charge in [-0.1, -0.05) is 129 Å². The van der Waals surface area contributed by atoms with Gasteiger partial charge in [0.05, 0.1) is 0 Å². The highest BCUT2D eigenvalue weighted by Gasteiger charge is 2.32. The average molecular weight is 592 g/mol. The van der Waals surface area contributed by atoms with Crippen molar-refractivity contribution in [2.45, 2.75) is 24.7 Å². The van der Waals surface area contributed by atoms with Crippen molar-refractivity contribution >= 4 is 31.9 Å². The van der Waals surface area contributed by atoms with Crippen molar-refractivity contribution in [2.75, 3.05) is 0 Å². The van der Waals surface area contributed by atoms with Crippen molar-refractivity contribution in [1.29, 1.82) is 0 Å². The molecule has 0 heterocycles. The lowest BCUT2D eigenvalue weighted by molar-refractivity contribution is 0.774. The Bertz CT molecular complexity index is 1420. The first-order valence-corrected chi connectivity index (χ1v) is 14.1. The fourth-order valence-corrected chi connectivity index (χ4v) is 7.51. The van der Waals surface area contributed by atoms with Crippen LogP contribution in [0.25, 0.3) is 22.3 Å². The molecule has 0 saturated heterocycles. The summed E-state index contributed by atoms with van der Waals surface area (Å²) >= 11 is 7.92. The van der Waals surface area contributed by atoms with E-state index in [9.17, 15) is 0 Å². The molecule has 0 unspecified atom stereocenters. The summed E-state index contributed by atoms with van der Waals surface area (Å²) in [7, 11) is 0. The van der Waals surface area contributed by atoms with Crippen LogP contribution in [0.3, 0.4) is 0 Å². The molecule has 0 fully saturated rings. The topological polar surface area (TPSA) is 0 Å². The van der Waals surface area contributed by atoms with Gasteiger partial charge in [0.2, 0.25) is 0 Å². The third kappa shape index (κ3) is 3.46. The molecule has 0 amide bonds. The zero-order valence-electron chi connectivity index (χ0n) is 19.7. The molecule has 2 aliphatic rings. The molecule has 0 nitrogen and oxygen atoms in total. The van der Waals surface area contributed by atoms with Crippen LogP contribution in [0.15, 0.2) is 118 Å². The maximum Gasteiger partial charge on any atom is 0.0211 e. The number of fused-ring (bicyclic) bond motifs is 6. The molecule has 5 aromatic carbocycles. The molecule has 174 valence electrons. The largest absolute Gasteiger partial charge is 0.0619 e. The molecule has 0 N–H and O–H groups in total. The molecule has 0 radical (unpaired) electrons. The number of hydrogen-bond acceptors (Lipinski definition) is 0. The average Bonchev–Trinajstić information content (AvgIpc) is 3.41. The Kier molecular flexibility index (Phi) is 5.49. The molecule has 5 aromatic rings. The summed E-state index contributed by atoms with van der Waals surface area (Å²) in [6.07, 6.45) is 1.94. The van der Waals surface area contributed by atoms with Crippen molar-refractivity contribution in [2.24, 2.45) is 0 Å². The fraction of sp³-hybridized carbons (Fsp3) is 0.118. The maximum atomic E-state index is 3.96. The molecular weight excluding hydrogens is 568 g/mol. The van der Waals surface area contributed by atoms with E-state index in [1.165, 1.54) is 64.6 Å². The highest BCUT2D eigenvalue weighted by Crippen LogP contribution is 2.50. The third-order valence-corrected chi connectivity index (χ3v) is 9.54. The Morgan fingerprint density at radius 1 is 0.389 bits per heavy atom. The predicted molar refractivity (Wildman–Crippen MR) is 157 cm³/mol. The van der Waals surface area contributed by atoms with Crippen LogP contribution < -0.4 is 0 Å². The Morgan fingerprint density at radius 2 is 0.667 bits per heavy atom. The molecule has 7 rings (SSSR count). The minimum atomic E-state index is 0.352. The quantitative estimate of drug-likeness (QED) is 0.195. The summed E-state index contributed by atoms with van der Waals surface area (Å²) in [6, 6.07) is 40.1. The molecule has 0 spiro atoms. The van der Waals surface area contributed by atoms with Crippen LogP contribution in [0, 0.1) is 0 Å². The molecule has 0 bridgehead atoms. The number of hydrogen-bond donors (Lipinski definition) is 0. The smallest absolute Gasteiger partial charge is 0.0211 e. The minimum absolute atomic E-state index is 0.352. The lowest BCUT2D eigenvalue weighted by Crippen LogP contribution is -2.09. The van der Waals surface area contributed by atoms with Gasteiger partial charge in [0.15, 0.2) is 0 Å². The SMILES string of the molecule is Brc1ccc(Br)c(CC2c3ccccc3-c3ccccc32)c1CC1c2ccccc2-c2ccccc21. The first kappa shape index (κ1) is 22.3. The summed E-state index contributed by atoms with van der Waals surface area (Å²) < 4.78 is 2.39. The molecular formula is C34H24Br2. The third-order valence-electron chi connectivity index (χ3n) is 8.06. The molecule has 0 atom stereocenters. The molecule has 0 aromatic heterocycles. The highest BCUT2D eigenvalue weighted by atomic mass is 79.9. The van der Waals surface area contributed by atoms with Gasteiger partial charge in [0.25, 0.3) is 0 Å². The van der Waals surface area contributed by atoms with E-state index < -0.39 is 0 Å². The zero-order chi connectivity index (χ0) is 24.2. The van der Waals surface area contributed by atoms with Crippen molar-refractivity contribution in [3.8, 4) is 22.3 Å². The van der Waals surface area contributed by atoms with Gasteiger partial charge < -0.3 is 0 Å². The lowest BCUT2D eigenvalue weighted by Gasteiger charge is -2.22. The van der Waals surface area contributed by atoms with Crippen molar-refractivity contribution in [1.82, 2.24) is 0 Å². The monoisotopic (exact) mass is 590 g/mol. The van der Waals surface area contributed by atoms with E-state index in [0.717, 1.165) is 12.8 Å². The van der Waals surface area contributed by atoms with Crippen molar-refractivity contribution in [3.63, 3.8) is 0 Å². The fourth-order valence-electron chi connectivity index (χ4n) is 6.44. The summed E-state index contributed by atoms with van der Waals surface area (Å²) in [5.74, 6) is 0.704. The maximum absolute atomic E-state index is 3.96. The van der Waals surface area contributed by atoms with E-state index in [-0.39, 0.29) is 0 Å². The van der Waals surface area contributed by atoms with Crippen LogP contribution >= 0.6 is 31.9 Å². The van der Waals surface area contributed by atoms with Crippen LogP contribution in [0.4, 0.5) is 0 Å². The van der Waals surface area contributed by atoms with Gasteiger partial charge in [-0.25, -0.2) is 0 Å².